The van der Waals surface area contributed by atoms with E-state index in [1.54, 1.807) is 29.8 Å². The molecule has 0 spiro atoms. The van der Waals surface area contributed by atoms with Crippen LogP contribution in [0.1, 0.15) is 0 Å². The monoisotopic (exact) mass is 276 g/mol. The Labute approximate surface area is 115 Å². The number of ether oxygens (including phenoxy) is 1. The Balaban J connectivity index is 1.80. The van der Waals surface area contributed by atoms with Crippen molar-refractivity contribution in [1.82, 2.24) is 24.7 Å². The minimum atomic E-state index is -0.447. The fourth-order valence-corrected chi connectivity index (χ4v) is 2.18. The van der Waals surface area contributed by atoms with Gasteiger partial charge in [0.05, 0.1) is 13.2 Å². The molecule has 1 aliphatic rings. The predicted molar refractivity (Wildman–Crippen MR) is 71.4 cm³/mol. The number of amides is 1. The topological polar surface area (TPSA) is 75.9 Å². The molecule has 0 bridgehead atoms. The quantitative estimate of drug-likeness (QED) is 0.730. The number of fused-ring (bicyclic) bond motifs is 1. The second-order valence-corrected chi connectivity index (χ2v) is 4.86. The predicted octanol–water partition coefficient (Wildman–Crippen LogP) is -0.582. The second kappa shape index (κ2) is 5.04. The smallest absolute Gasteiger partial charge is 0.253 e. The van der Waals surface area contributed by atoms with Crippen molar-refractivity contribution in [3.63, 3.8) is 0 Å². The highest BCUT2D eigenvalue weighted by atomic mass is 16.5. The maximum Gasteiger partial charge on any atom is 0.253 e. The summed E-state index contributed by atoms with van der Waals surface area (Å²) in [5.74, 6) is 0.761. The highest BCUT2D eigenvalue weighted by Crippen LogP contribution is 2.16. The molecule has 3 heterocycles. The van der Waals surface area contributed by atoms with Gasteiger partial charge in [0.25, 0.3) is 5.91 Å². The van der Waals surface area contributed by atoms with Crippen LogP contribution in [0.3, 0.4) is 0 Å². The van der Waals surface area contributed by atoms with Crippen molar-refractivity contribution < 1.29 is 9.53 Å². The van der Waals surface area contributed by atoms with Gasteiger partial charge in [-0.25, -0.2) is 0 Å². The number of rotatable bonds is 2. The lowest BCUT2D eigenvalue weighted by atomic mass is 10.2. The number of likely N-dealkylation sites (N-methyl/N-ethyl adjacent to an activating group) is 1. The van der Waals surface area contributed by atoms with Gasteiger partial charge in [-0.3, -0.25) is 4.79 Å². The first-order valence-corrected chi connectivity index (χ1v) is 6.40. The Morgan fingerprint density at radius 3 is 3.10 bits per heavy atom. The third-order valence-electron chi connectivity index (χ3n) is 3.25. The molecule has 8 nitrogen and oxygen atoms in total. The fraction of sp³-hybridized carbons (Fsp3) is 0.500. The van der Waals surface area contributed by atoms with Crippen molar-refractivity contribution in [3.8, 4) is 0 Å². The Morgan fingerprint density at radius 2 is 2.30 bits per heavy atom. The zero-order valence-corrected chi connectivity index (χ0v) is 11.4. The number of hydrogen-bond acceptors (Lipinski definition) is 6. The zero-order valence-electron chi connectivity index (χ0n) is 11.4. The van der Waals surface area contributed by atoms with Crippen molar-refractivity contribution >= 4 is 17.4 Å². The fourth-order valence-electron chi connectivity index (χ4n) is 2.18. The van der Waals surface area contributed by atoms with Crippen LogP contribution in [0.25, 0.3) is 5.65 Å². The van der Waals surface area contributed by atoms with Gasteiger partial charge in [-0.05, 0) is 12.1 Å². The molecule has 1 unspecified atom stereocenters. The van der Waals surface area contributed by atoms with Gasteiger partial charge in [-0.1, -0.05) is 0 Å². The number of carbonyl (C=O) groups excluding carboxylic acids is 1. The molecule has 1 aliphatic heterocycles. The maximum atomic E-state index is 12.0. The lowest BCUT2D eigenvalue weighted by Crippen LogP contribution is -2.49. The maximum absolute atomic E-state index is 12.0. The van der Waals surface area contributed by atoms with E-state index < -0.39 is 6.10 Å². The molecule has 0 aliphatic carbocycles. The van der Waals surface area contributed by atoms with Crippen LogP contribution in [-0.4, -0.2) is 70.5 Å². The van der Waals surface area contributed by atoms with E-state index in [2.05, 4.69) is 15.3 Å². The Kier molecular flexibility index (Phi) is 3.23. The van der Waals surface area contributed by atoms with E-state index in [9.17, 15) is 4.79 Å². The summed E-state index contributed by atoms with van der Waals surface area (Å²) in [4.78, 5) is 15.6. The summed E-state index contributed by atoms with van der Waals surface area (Å²) in [6.45, 7) is 1.71. The molecular weight excluding hydrogens is 260 g/mol. The van der Waals surface area contributed by atoms with Crippen LogP contribution in [0.15, 0.2) is 18.5 Å². The number of nitrogens with zero attached hydrogens (tertiary/aromatic N) is 6. The molecule has 1 saturated heterocycles. The molecule has 3 rings (SSSR count). The van der Waals surface area contributed by atoms with Gasteiger partial charge in [0.15, 0.2) is 11.8 Å². The molecular formula is C12H16N6O2. The summed E-state index contributed by atoms with van der Waals surface area (Å²) in [5.41, 5.74) is 0.697. The van der Waals surface area contributed by atoms with E-state index in [0.717, 1.165) is 5.82 Å². The molecule has 1 amide bonds. The third kappa shape index (κ3) is 2.29. The van der Waals surface area contributed by atoms with E-state index in [1.807, 2.05) is 17.0 Å². The van der Waals surface area contributed by atoms with Gasteiger partial charge in [0.2, 0.25) is 0 Å². The zero-order chi connectivity index (χ0) is 14.1. The summed E-state index contributed by atoms with van der Waals surface area (Å²) in [7, 11) is 3.46. The normalized spacial score (nSPS) is 19.3. The molecule has 0 N–H and O–H groups in total. The Hall–Kier alpha value is -2.22. The molecule has 1 atom stereocenters. The van der Waals surface area contributed by atoms with Gasteiger partial charge in [-0.15, -0.1) is 15.3 Å². The minimum absolute atomic E-state index is 0.0277. The number of hydrogen-bond donors (Lipinski definition) is 0. The molecule has 2 aromatic rings. The van der Waals surface area contributed by atoms with Gasteiger partial charge in [-0.2, -0.15) is 4.52 Å². The first-order chi connectivity index (χ1) is 9.65. The lowest BCUT2D eigenvalue weighted by molar-refractivity contribution is -0.141. The van der Waals surface area contributed by atoms with Crippen LogP contribution in [0.5, 0.6) is 0 Å². The highest BCUT2D eigenvalue weighted by Gasteiger charge is 2.28. The van der Waals surface area contributed by atoms with Crippen LogP contribution in [0, 0.1) is 0 Å². The largest absolute Gasteiger partial charge is 0.365 e. The van der Waals surface area contributed by atoms with Crippen molar-refractivity contribution in [2.24, 2.45) is 0 Å². The first kappa shape index (κ1) is 12.8. The summed E-state index contributed by atoms with van der Waals surface area (Å²) in [6.07, 6.45) is 1.11. The minimum Gasteiger partial charge on any atom is -0.365 e. The Morgan fingerprint density at radius 1 is 1.45 bits per heavy atom. The van der Waals surface area contributed by atoms with Crippen molar-refractivity contribution in [2.45, 2.75) is 6.10 Å². The van der Waals surface area contributed by atoms with E-state index in [0.29, 0.717) is 25.3 Å². The van der Waals surface area contributed by atoms with Crippen LogP contribution in [-0.2, 0) is 9.53 Å². The summed E-state index contributed by atoms with van der Waals surface area (Å²) < 4.78 is 7.15. The van der Waals surface area contributed by atoms with Gasteiger partial charge < -0.3 is 14.5 Å². The molecule has 0 saturated carbocycles. The molecule has 1 fully saturated rings. The standard InChI is InChI=1S/C12H16N6O2/c1-16(2)12(19)9-7-17(5-6-20-9)11-4-3-10-14-13-8-18(10)15-11/h3-4,8-9H,5-7H2,1-2H3. The molecule has 8 heteroatoms. The van der Waals surface area contributed by atoms with Crippen LogP contribution in [0.2, 0.25) is 0 Å². The first-order valence-electron chi connectivity index (χ1n) is 6.40. The van der Waals surface area contributed by atoms with E-state index >= 15 is 0 Å². The summed E-state index contributed by atoms with van der Waals surface area (Å²) in [5, 5.41) is 12.2. The van der Waals surface area contributed by atoms with Crippen LogP contribution < -0.4 is 4.90 Å². The average molecular weight is 276 g/mol. The van der Waals surface area contributed by atoms with Crippen molar-refractivity contribution in [3.05, 3.63) is 18.5 Å². The molecule has 20 heavy (non-hydrogen) atoms. The van der Waals surface area contributed by atoms with E-state index in [4.69, 9.17) is 4.74 Å². The molecule has 106 valence electrons. The SMILES string of the molecule is CN(C)C(=O)C1CN(c2ccc3nncn3n2)CCO1. The number of carbonyl (C=O) groups is 1. The number of aromatic nitrogens is 4. The second-order valence-electron chi connectivity index (χ2n) is 4.86. The molecule has 2 aromatic heterocycles. The lowest BCUT2D eigenvalue weighted by Gasteiger charge is -2.33. The van der Waals surface area contributed by atoms with Gasteiger partial charge >= 0.3 is 0 Å². The molecule has 0 radical (unpaired) electrons. The van der Waals surface area contributed by atoms with Crippen molar-refractivity contribution in [2.75, 3.05) is 38.7 Å². The third-order valence-corrected chi connectivity index (χ3v) is 3.25. The summed E-state index contributed by atoms with van der Waals surface area (Å²) in [6, 6.07) is 3.74. The van der Waals surface area contributed by atoms with Gasteiger partial charge in [0, 0.05) is 20.6 Å². The Bertz CT molecular complexity index is 625. The van der Waals surface area contributed by atoms with Gasteiger partial charge in [0.1, 0.15) is 12.1 Å². The average Bonchev–Trinajstić information content (AvgIpc) is 2.93. The number of morpholine rings is 1. The van der Waals surface area contributed by atoms with Crippen LogP contribution in [0.4, 0.5) is 5.82 Å². The number of anilines is 1. The molecule has 0 aromatic carbocycles. The summed E-state index contributed by atoms with van der Waals surface area (Å²) >= 11 is 0. The van der Waals surface area contributed by atoms with E-state index in [1.165, 1.54) is 0 Å². The van der Waals surface area contributed by atoms with Crippen LogP contribution >= 0.6 is 0 Å². The highest BCUT2D eigenvalue weighted by molar-refractivity contribution is 5.81. The van der Waals surface area contributed by atoms with Crippen molar-refractivity contribution in [1.29, 1.82) is 0 Å². The van der Waals surface area contributed by atoms with E-state index in [-0.39, 0.29) is 5.91 Å².